The molecule has 6 rings (SSSR count). The highest BCUT2D eigenvalue weighted by Crippen LogP contribution is 2.64. The van der Waals surface area contributed by atoms with Crippen LogP contribution in [-0.4, -0.2) is 143 Å². The smallest absolute Gasteiger partial charge is 0.408 e. The maximum absolute atomic E-state index is 15.2. The zero-order valence-corrected chi connectivity index (χ0v) is 41.4. The van der Waals surface area contributed by atoms with Crippen molar-refractivity contribution in [3.63, 3.8) is 0 Å². The predicted octanol–water partition coefficient (Wildman–Crippen LogP) is 3.35. The lowest BCUT2D eigenvalue weighted by Crippen LogP contribution is -2.81. The van der Waals surface area contributed by atoms with Crippen LogP contribution in [0.2, 0.25) is 0 Å². The molecule has 1 amide bonds. The van der Waals surface area contributed by atoms with Gasteiger partial charge in [0.25, 0.3) is 0 Å². The number of alkyl carbamates (subject to hydrolysis) is 1. The van der Waals surface area contributed by atoms with Crippen molar-refractivity contribution in [2.75, 3.05) is 20.3 Å². The number of methoxy groups -OCH3 is 1. The van der Waals surface area contributed by atoms with Crippen LogP contribution in [-0.2, 0) is 66.7 Å². The number of carbonyl (C=O) groups excluding carboxylic acids is 8. The van der Waals surface area contributed by atoms with Crippen LogP contribution in [0.4, 0.5) is 4.79 Å². The molecule has 0 spiro atoms. The first kappa shape index (κ1) is 54.3. The molecule has 3 aliphatic carbocycles. The van der Waals surface area contributed by atoms with Gasteiger partial charge in [0, 0.05) is 32.3 Å². The normalized spacial score (nSPS) is 29.9. The van der Waals surface area contributed by atoms with Crippen LogP contribution < -0.4 is 5.32 Å². The molecule has 2 saturated carbocycles. The number of benzene rings is 2. The number of ether oxygens (including phenoxy) is 8. The van der Waals surface area contributed by atoms with Crippen molar-refractivity contribution in [3.05, 3.63) is 82.9 Å². The third kappa shape index (κ3) is 10.5. The molecule has 20 nitrogen and oxygen atoms in total. The average molecular weight is 994 g/mol. The van der Waals surface area contributed by atoms with E-state index < -0.39 is 149 Å². The molecular weight excluding hydrogens is 931 g/mol. The van der Waals surface area contributed by atoms with Gasteiger partial charge >= 0.3 is 35.9 Å². The van der Waals surface area contributed by atoms with Crippen molar-refractivity contribution < 1.29 is 91.6 Å². The summed E-state index contributed by atoms with van der Waals surface area (Å²) in [5.74, 6) is -9.02. The minimum absolute atomic E-state index is 0.0167. The van der Waals surface area contributed by atoms with Gasteiger partial charge in [0.1, 0.15) is 54.7 Å². The van der Waals surface area contributed by atoms with E-state index in [1.54, 1.807) is 57.2 Å². The largest absolute Gasteiger partial charge is 0.455 e. The summed E-state index contributed by atoms with van der Waals surface area (Å²) in [6.07, 6.45) is -15.0. The van der Waals surface area contributed by atoms with Gasteiger partial charge in [-0.3, -0.25) is 24.0 Å². The lowest BCUT2D eigenvalue weighted by Gasteiger charge is -2.67. The average Bonchev–Trinajstić information content (AvgIpc) is 3.28. The monoisotopic (exact) mass is 993 g/mol. The number of hydrogen-bond acceptors (Lipinski definition) is 19. The summed E-state index contributed by atoms with van der Waals surface area (Å²) in [6.45, 7) is 12.1. The number of esters is 5. The predicted molar refractivity (Wildman–Crippen MR) is 245 cm³/mol. The first-order chi connectivity index (χ1) is 33.1. The Kier molecular flexibility index (Phi) is 15.7. The van der Waals surface area contributed by atoms with Gasteiger partial charge in [0.05, 0.1) is 29.6 Å². The van der Waals surface area contributed by atoms with Crippen molar-refractivity contribution in [3.8, 4) is 0 Å². The number of amides is 1. The van der Waals surface area contributed by atoms with Crippen molar-refractivity contribution >= 4 is 47.5 Å². The molecule has 0 radical (unpaired) electrons. The number of hydrogen-bond donors (Lipinski definition) is 4. The van der Waals surface area contributed by atoms with Gasteiger partial charge in [0.15, 0.2) is 23.3 Å². The number of carbonyl (C=O) groups is 8. The maximum Gasteiger partial charge on any atom is 0.408 e. The molecule has 2 bridgehead atoms. The summed E-state index contributed by atoms with van der Waals surface area (Å²) in [6, 6.07) is 13.8. The number of ketones is 2. The quantitative estimate of drug-likeness (QED) is 0.0861. The Morgan fingerprint density at radius 3 is 2.07 bits per heavy atom. The Labute approximate surface area is 410 Å². The van der Waals surface area contributed by atoms with E-state index in [-0.39, 0.29) is 35.3 Å². The molecule has 3 fully saturated rings. The number of aliphatic hydroxyl groups excluding tert-OH is 2. The fraction of sp³-hybridized carbons (Fsp3) is 0.569. The molecule has 4 N–H and O–H groups in total. The van der Waals surface area contributed by atoms with Crippen LogP contribution in [0.25, 0.3) is 0 Å². The van der Waals surface area contributed by atoms with Crippen LogP contribution in [0.15, 0.2) is 71.8 Å². The molecule has 1 heterocycles. The lowest BCUT2D eigenvalue weighted by molar-refractivity contribution is -0.346. The molecule has 2 aromatic carbocycles. The number of nitrogens with one attached hydrogen (secondary N) is 1. The summed E-state index contributed by atoms with van der Waals surface area (Å²) in [4.78, 5) is 110. The standard InChI is InChI=1S/C51H63NO19/c1-26-32(67-45(61)40(68-36(57)22-35(56)66-27(2)31(54)24-64-10)38(29-17-13-11-14-18-29)52-46(62)71-47(4,5)6)23-51(63)43(69-44(60)30-19-15-12-16-20-30)41-49(9,42(59)39(58)37(26)48(51,7)8)33(55)21-34-50(41,25-65-34)70-28(3)53/h11-20,27,32-34,38-41,43,55,58,63H,21-25H2,1-10H3,(H,52,62). The SMILES string of the molecule is COCC(=O)C(C)OC(=O)CC(=O)OC(C(=O)OC1CC2(O)C(OC(=O)c3ccccc3)C3C4(OC(C)=O)COC4CC(O)C3(C)C(=O)C(O)C(=C1C)C2(C)C)C(NC(=O)OC(C)(C)C)c1ccccc1. The lowest BCUT2D eigenvalue weighted by atomic mass is 9.44. The van der Waals surface area contributed by atoms with Gasteiger partial charge in [-0.1, -0.05) is 62.4 Å². The van der Waals surface area contributed by atoms with E-state index in [0.29, 0.717) is 0 Å². The highest BCUT2D eigenvalue weighted by Gasteiger charge is 2.78. The van der Waals surface area contributed by atoms with Crippen molar-refractivity contribution in [1.29, 1.82) is 0 Å². The van der Waals surface area contributed by atoms with Gasteiger partial charge in [-0.15, -0.1) is 0 Å². The zero-order chi connectivity index (χ0) is 52.6. The van der Waals surface area contributed by atoms with Gasteiger partial charge in [0.2, 0.25) is 6.10 Å². The highest BCUT2D eigenvalue weighted by molar-refractivity contribution is 5.95. The van der Waals surface area contributed by atoms with Crippen molar-refractivity contribution in [2.45, 2.75) is 147 Å². The van der Waals surface area contributed by atoms with E-state index in [1.807, 2.05) is 0 Å². The van der Waals surface area contributed by atoms with E-state index in [0.717, 1.165) is 6.92 Å². The Morgan fingerprint density at radius 2 is 1.51 bits per heavy atom. The zero-order valence-electron chi connectivity index (χ0n) is 41.4. The van der Waals surface area contributed by atoms with E-state index in [1.165, 1.54) is 66.0 Å². The summed E-state index contributed by atoms with van der Waals surface area (Å²) in [5.41, 5.74) is -9.21. The van der Waals surface area contributed by atoms with E-state index in [2.05, 4.69) is 5.32 Å². The van der Waals surface area contributed by atoms with Crippen LogP contribution in [0.3, 0.4) is 0 Å². The van der Waals surface area contributed by atoms with Crippen LogP contribution in [0.1, 0.15) is 104 Å². The minimum atomic E-state index is -2.50. The summed E-state index contributed by atoms with van der Waals surface area (Å²) >= 11 is 0. The number of fused-ring (bicyclic) bond motifs is 5. The molecule has 12 unspecified atom stereocenters. The van der Waals surface area contributed by atoms with Crippen LogP contribution in [0, 0.1) is 16.7 Å². The molecule has 71 heavy (non-hydrogen) atoms. The fourth-order valence-electron chi connectivity index (χ4n) is 10.5. The molecule has 4 aliphatic rings. The highest BCUT2D eigenvalue weighted by atomic mass is 16.6. The second-order valence-electron chi connectivity index (χ2n) is 20.2. The van der Waals surface area contributed by atoms with Crippen LogP contribution >= 0.6 is 0 Å². The minimum Gasteiger partial charge on any atom is -0.455 e. The Hall–Kier alpha value is -6.06. The third-order valence-electron chi connectivity index (χ3n) is 14.1. The van der Waals surface area contributed by atoms with Crippen molar-refractivity contribution in [2.24, 2.45) is 16.7 Å². The Bertz CT molecular complexity index is 2430. The maximum atomic E-state index is 15.2. The Morgan fingerprint density at radius 1 is 0.901 bits per heavy atom. The molecule has 20 heteroatoms. The van der Waals surface area contributed by atoms with Crippen LogP contribution in [0.5, 0.6) is 0 Å². The first-order valence-electron chi connectivity index (χ1n) is 23.2. The Balaban J connectivity index is 1.49. The number of Topliss-reactive ketones (excluding diaryl/α,β-unsaturated/α-hetero) is 2. The first-order valence-corrected chi connectivity index (χ1v) is 23.2. The molecular formula is C51H63NO19. The summed E-state index contributed by atoms with van der Waals surface area (Å²) in [5, 5.41) is 40.7. The topological polar surface area (TPSA) is 283 Å². The molecule has 0 aromatic heterocycles. The van der Waals surface area contributed by atoms with E-state index in [4.69, 9.17) is 37.9 Å². The summed E-state index contributed by atoms with van der Waals surface area (Å²) < 4.78 is 45.6. The molecule has 1 aliphatic heterocycles. The second kappa shape index (κ2) is 20.6. The second-order valence-corrected chi connectivity index (χ2v) is 20.2. The van der Waals surface area contributed by atoms with Gasteiger partial charge in [-0.25, -0.2) is 14.4 Å². The number of rotatable bonds is 15. The van der Waals surface area contributed by atoms with Gasteiger partial charge < -0.3 is 58.5 Å². The summed E-state index contributed by atoms with van der Waals surface area (Å²) in [7, 11) is 1.26. The fourth-order valence-corrected chi connectivity index (χ4v) is 10.5. The van der Waals surface area contributed by atoms with Gasteiger partial charge in [-0.05, 0) is 70.4 Å². The molecule has 1 saturated heterocycles. The number of aliphatic hydroxyl groups is 3. The molecule has 2 aromatic rings. The van der Waals surface area contributed by atoms with Crippen molar-refractivity contribution in [1.82, 2.24) is 5.32 Å². The molecule has 386 valence electrons. The van der Waals surface area contributed by atoms with E-state index in [9.17, 15) is 44.1 Å². The third-order valence-corrected chi connectivity index (χ3v) is 14.1. The van der Waals surface area contributed by atoms with E-state index >= 15 is 9.59 Å². The van der Waals surface area contributed by atoms with Gasteiger partial charge in [-0.2, -0.15) is 0 Å². The molecule has 12 atom stereocenters.